The summed E-state index contributed by atoms with van der Waals surface area (Å²) in [6.45, 7) is 3.47. The van der Waals surface area contributed by atoms with Crippen LogP contribution >= 0.6 is 0 Å². The third-order valence-electron chi connectivity index (χ3n) is 5.29. The smallest absolute Gasteiger partial charge is 0.317 e. The second-order valence-electron chi connectivity index (χ2n) is 7.37. The number of carbonyl (C=O) groups is 3. The first-order chi connectivity index (χ1) is 12.4. The third kappa shape index (κ3) is 3.81. The standard InChI is InChI=1S/C19H25N3O4/c1-19(17(24)25)9-11-21(13-19)18(26)20-12-14-5-7-15(8-6-14)22-10-3-2-4-16(22)23/h5-8H,2-4,9-13H2,1H3,(H,20,26)(H,24,25). The highest BCUT2D eigenvalue weighted by Crippen LogP contribution is 2.30. The van der Waals surface area contributed by atoms with Crippen molar-refractivity contribution >= 4 is 23.6 Å². The van der Waals surface area contributed by atoms with Gasteiger partial charge < -0.3 is 20.2 Å². The van der Waals surface area contributed by atoms with Crippen LogP contribution in [0.25, 0.3) is 0 Å². The molecule has 2 saturated heterocycles. The number of carboxylic acids is 1. The SMILES string of the molecule is CC1(C(=O)O)CCN(C(=O)NCc2ccc(N3CCCCC3=O)cc2)C1. The first-order valence-electron chi connectivity index (χ1n) is 9.04. The summed E-state index contributed by atoms with van der Waals surface area (Å²) in [5.74, 6) is -0.705. The normalized spacial score (nSPS) is 23.2. The molecule has 1 aromatic carbocycles. The largest absolute Gasteiger partial charge is 0.481 e. The van der Waals surface area contributed by atoms with Crippen molar-refractivity contribution in [3.63, 3.8) is 0 Å². The van der Waals surface area contributed by atoms with Crippen molar-refractivity contribution in [1.29, 1.82) is 0 Å². The van der Waals surface area contributed by atoms with Gasteiger partial charge in [0.25, 0.3) is 0 Å². The number of nitrogens with one attached hydrogen (secondary N) is 1. The van der Waals surface area contributed by atoms with E-state index in [1.807, 2.05) is 29.2 Å². The van der Waals surface area contributed by atoms with Gasteiger partial charge >= 0.3 is 12.0 Å². The monoisotopic (exact) mass is 359 g/mol. The maximum Gasteiger partial charge on any atom is 0.317 e. The number of amides is 3. The highest BCUT2D eigenvalue weighted by Gasteiger charge is 2.42. The highest BCUT2D eigenvalue weighted by molar-refractivity contribution is 5.93. The van der Waals surface area contributed by atoms with E-state index in [0.29, 0.717) is 25.9 Å². The number of piperidine rings is 1. The van der Waals surface area contributed by atoms with E-state index in [4.69, 9.17) is 0 Å². The van der Waals surface area contributed by atoms with E-state index >= 15 is 0 Å². The van der Waals surface area contributed by atoms with E-state index in [9.17, 15) is 19.5 Å². The fourth-order valence-corrected chi connectivity index (χ4v) is 3.47. The van der Waals surface area contributed by atoms with Gasteiger partial charge in [-0.1, -0.05) is 12.1 Å². The predicted octanol–water partition coefficient (Wildman–Crippen LogP) is 2.21. The summed E-state index contributed by atoms with van der Waals surface area (Å²) in [5.41, 5.74) is 0.966. The lowest BCUT2D eigenvalue weighted by Gasteiger charge is -2.27. The van der Waals surface area contributed by atoms with Gasteiger partial charge in [0.15, 0.2) is 0 Å². The second-order valence-corrected chi connectivity index (χ2v) is 7.37. The number of hydrogen-bond donors (Lipinski definition) is 2. The number of urea groups is 1. The molecule has 2 fully saturated rings. The van der Waals surface area contributed by atoms with Crippen molar-refractivity contribution in [2.45, 2.75) is 39.2 Å². The third-order valence-corrected chi connectivity index (χ3v) is 5.29. The minimum Gasteiger partial charge on any atom is -0.481 e. The molecule has 3 rings (SSSR count). The summed E-state index contributed by atoms with van der Waals surface area (Å²) in [6, 6.07) is 7.38. The maximum atomic E-state index is 12.3. The molecule has 0 aromatic heterocycles. The van der Waals surface area contributed by atoms with Gasteiger partial charge in [-0.05, 0) is 43.9 Å². The lowest BCUT2D eigenvalue weighted by molar-refractivity contribution is -0.147. The van der Waals surface area contributed by atoms with E-state index in [-0.39, 0.29) is 18.5 Å². The molecule has 0 bridgehead atoms. The van der Waals surface area contributed by atoms with Crippen LogP contribution in [0.1, 0.15) is 38.2 Å². The molecule has 0 radical (unpaired) electrons. The molecule has 2 aliphatic heterocycles. The van der Waals surface area contributed by atoms with E-state index < -0.39 is 11.4 Å². The highest BCUT2D eigenvalue weighted by atomic mass is 16.4. The molecule has 1 unspecified atom stereocenters. The van der Waals surface area contributed by atoms with E-state index in [2.05, 4.69) is 5.32 Å². The molecule has 1 atom stereocenters. The summed E-state index contributed by atoms with van der Waals surface area (Å²) < 4.78 is 0. The molecule has 3 amide bonds. The van der Waals surface area contributed by atoms with Crippen molar-refractivity contribution in [3.8, 4) is 0 Å². The van der Waals surface area contributed by atoms with Crippen LogP contribution in [0.5, 0.6) is 0 Å². The maximum absolute atomic E-state index is 12.3. The Morgan fingerprint density at radius 3 is 2.54 bits per heavy atom. The zero-order valence-electron chi connectivity index (χ0n) is 15.0. The van der Waals surface area contributed by atoms with E-state index in [1.54, 1.807) is 11.8 Å². The Bertz CT molecular complexity index is 703. The van der Waals surface area contributed by atoms with Gasteiger partial charge in [-0.25, -0.2) is 4.79 Å². The average molecular weight is 359 g/mol. The van der Waals surface area contributed by atoms with Gasteiger partial charge in [-0.2, -0.15) is 0 Å². The first kappa shape index (κ1) is 18.2. The van der Waals surface area contributed by atoms with Crippen LogP contribution in [-0.2, 0) is 16.1 Å². The lowest BCUT2D eigenvalue weighted by atomic mass is 9.90. The topological polar surface area (TPSA) is 89.9 Å². The minimum absolute atomic E-state index is 0.160. The molecule has 0 aliphatic carbocycles. The van der Waals surface area contributed by atoms with Crippen molar-refractivity contribution < 1.29 is 19.5 Å². The van der Waals surface area contributed by atoms with Crippen molar-refractivity contribution in [1.82, 2.24) is 10.2 Å². The van der Waals surface area contributed by atoms with Crippen molar-refractivity contribution in [2.24, 2.45) is 5.41 Å². The Labute approximate surface area is 153 Å². The molecular formula is C19H25N3O4. The Hall–Kier alpha value is -2.57. The van der Waals surface area contributed by atoms with Crippen LogP contribution in [-0.4, -0.2) is 47.5 Å². The van der Waals surface area contributed by atoms with Crippen LogP contribution in [0, 0.1) is 5.41 Å². The van der Waals surface area contributed by atoms with Crippen LogP contribution in [0.4, 0.5) is 10.5 Å². The number of likely N-dealkylation sites (tertiary alicyclic amines) is 1. The summed E-state index contributed by atoms with van der Waals surface area (Å²) in [4.78, 5) is 38.8. The van der Waals surface area contributed by atoms with E-state index in [1.165, 1.54) is 0 Å². The minimum atomic E-state index is -0.865. The zero-order chi connectivity index (χ0) is 18.7. The molecule has 1 aromatic rings. The number of carboxylic acid groups (broad SMARTS) is 1. The fourth-order valence-electron chi connectivity index (χ4n) is 3.47. The number of rotatable bonds is 4. The Morgan fingerprint density at radius 2 is 1.92 bits per heavy atom. The molecular weight excluding hydrogens is 334 g/mol. The number of benzene rings is 1. The Morgan fingerprint density at radius 1 is 1.19 bits per heavy atom. The summed E-state index contributed by atoms with van der Waals surface area (Å²) in [6.07, 6.45) is 3.04. The first-order valence-corrected chi connectivity index (χ1v) is 9.04. The van der Waals surface area contributed by atoms with Gasteiger partial charge in [-0.15, -0.1) is 0 Å². The molecule has 0 spiro atoms. The predicted molar refractivity (Wildman–Crippen MR) is 96.8 cm³/mol. The summed E-state index contributed by atoms with van der Waals surface area (Å²) in [5, 5.41) is 12.1. The summed E-state index contributed by atoms with van der Waals surface area (Å²) in [7, 11) is 0. The van der Waals surface area contributed by atoms with E-state index in [0.717, 1.165) is 30.6 Å². The Balaban J connectivity index is 1.53. The van der Waals surface area contributed by atoms with Crippen molar-refractivity contribution in [2.75, 3.05) is 24.5 Å². The van der Waals surface area contributed by atoms with Gasteiger partial charge in [0.2, 0.25) is 5.91 Å². The van der Waals surface area contributed by atoms with Crippen molar-refractivity contribution in [3.05, 3.63) is 29.8 Å². The number of anilines is 1. The second kappa shape index (κ2) is 7.35. The molecule has 26 heavy (non-hydrogen) atoms. The number of carbonyl (C=O) groups excluding carboxylic acids is 2. The molecule has 2 heterocycles. The lowest BCUT2D eigenvalue weighted by Crippen LogP contribution is -2.40. The van der Waals surface area contributed by atoms with Crippen LogP contribution in [0.15, 0.2) is 24.3 Å². The van der Waals surface area contributed by atoms with Gasteiger partial charge in [0, 0.05) is 38.3 Å². The zero-order valence-corrected chi connectivity index (χ0v) is 15.0. The average Bonchev–Trinajstić information content (AvgIpc) is 3.05. The van der Waals surface area contributed by atoms with Gasteiger partial charge in [0.05, 0.1) is 5.41 Å². The fraction of sp³-hybridized carbons (Fsp3) is 0.526. The molecule has 140 valence electrons. The van der Waals surface area contributed by atoms with Gasteiger partial charge in [-0.3, -0.25) is 9.59 Å². The molecule has 7 nitrogen and oxygen atoms in total. The quantitative estimate of drug-likeness (QED) is 0.862. The number of hydrogen-bond acceptors (Lipinski definition) is 3. The van der Waals surface area contributed by atoms with Gasteiger partial charge in [0.1, 0.15) is 0 Å². The molecule has 7 heteroatoms. The number of aliphatic carboxylic acids is 1. The molecule has 0 saturated carbocycles. The molecule has 2 aliphatic rings. The van der Waals surface area contributed by atoms with Crippen LogP contribution in [0.2, 0.25) is 0 Å². The molecule has 2 N–H and O–H groups in total. The Kier molecular flexibility index (Phi) is 5.15. The number of nitrogens with zero attached hydrogens (tertiary/aromatic N) is 2. The van der Waals surface area contributed by atoms with Crippen LogP contribution in [0.3, 0.4) is 0 Å². The van der Waals surface area contributed by atoms with Crippen LogP contribution < -0.4 is 10.2 Å². The summed E-state index contributed by atoms with van der Waals surface area (Å²) >= 11 is 0.